The van der Waals surface area contributed by atoms with Gasteiger partial charge in [0.05, 0.1) is 0 Å². The van der Waals surface area contributed by atoms with Crippen molar-refractivity contribution in [3.63, 3.8) is 0 Å². The van der Waals surface area contributed by atoms with Gasteiger partial charge in [-0.2, -0.15) is 0 Å². The molecular formula is C15H21F. The van der Waals surface area contributed by atoms with E-state index in [1.807, 2.05) is 30.3 Å². The third-order valence-corrected chi connectivity index (χ3v) is 2.64. The molecule has 0 amide bonds. The lowest BCUT2D eigenvalue weighted by atomic mass is 10.1. The van der Waals surface area contributed by atoms with Crippen LogP contribution in [-0.2, 0) is 0 Å². The standard InChI is InChI=1S/C15H21F/c1-2-3-4-5-9-12-15(16)13-14-10-7-6-8-11-14/h6-8,10-11,13H,2-5,9,12H2,1H3/b15-13-. The molecule has 0 unspecified atom stereocenters. The normalized spacial score (nSPS) is 11.8. The highest BCUT2D eigenvalue weighted by Gasteiger charge is 1.96. The molecule has 0 radical (unpaired) electrons. The van der Waals surface area contributed by atoms with Gasteiger partial charge in [0.15, 0.2) is 0 Å². The first-order chi connectivity index (χ1) is 7.83. The van der Waals surface area contributed by atoms with Crippen LogP contribution in [0.1, 0.15) is 51.0 Å². The van der Waals surface area contributed by atoms with Crippen LogP contribution in [0.2, 0.25) is 0 Å². The summed E-state index contributed by atoms with van der Waals surface area (Å²) in [5.74, 6) is 0.00250. The SMILES string of the molecule is CCCCCCC/C(F)=C/c1ccccc1. The van der Waals surface area contributed by atoms with Crippen LogP contribution in [0.25, 0.3) is 6.08 Å². The molecule has 1 aromatic rings. The van der Waals surface area contributed by atoms with Crippen LogP contribution >= 0.6 is 0 Å². The fourth-order valence-corrected chi connectivity index (χ4v) is 1.70. The maximum absolute atomic E-state index is 13.5. The molecule has 88 valence electrons. The molecule has 0 saturated heterocycles. The Morgan fingerprint density at radius 1 is 1.06 bits per heavy atom. The van der Waals surface area contributed by atoms with E-state index in [1.165, 1.54) is 19.3 Å². The maximum Gasteiger partial charge on any atom is 0.101 e. The number of rotatable bonds is 7. The number of hydrogen-bond acceptors (Lipinski definition) is 0. The van der Waals surface area contributed by atoms with Crippen LogP contribution in [0.5, 0.6) is 0 Å². The smallest absolute Gasteiger partial charge is 0.101 e. The van der Waals surface area contributed by atoms with E-state index >= 15 is 0 Å². The Balaban J connectivity index is 2.24. The van der Waals surface area contributed by atoms with E-state index in [9.17, 15) is 4.39 Å². The van der Waals surface area contributed by atoms with E-state index in [0.29, 0.717) is 6.42 Å². The van der Waals surface area contributed by atoms with Gasteiger partial charge in [-0.05, 0) is 24.5 Å². The van der Waals surface area contributed by atoms with Crippen LogP contribution in [0.4, 0.5) is 4.39 Å². The van der Waals surface area contributed by atoms with Crippen molar-refractivity contribution in [1.29, 1.82) is 0 Å². The van der Waals surface area contributed by atoms with Crippen LogP contribution in [0.15, 0.2) is 36.2 Å². The molecule has 0 aromatic heterocycles. The maximum atomic E-state index is 13.5. The van der Waals surface area contributed by atoms with Gasteiger partial charge in [0.1, 0.15) is 5.83 Å². The van der Waals surface area contributed by atoms with Crippen molar-refractivity contribution in [2.75, 3.05) is 0 Å². The lowest BCUT2D eigenvalue weighted by molar-refractivity contribution is 0.552. The number of allylic oxidation sites excluding steroid dienone is 1. The molecule has 0 aliphatic carbocycles. The minimum atomic E-state index is 0.00250. The quantitative estimate of drug-likeness (QED) is 0.543. The first-order valence-corrected chi connectivity index (χ1v) is 6.24. The van der Waals surface area contributed by atoms with E-state index < -0.39 is 0 Å². The van der Waals surface area contributed by atoms with E-state index in [-0.39, 0.29) is 5.83 Å². The summed E-state index contributed by atoms with van der Waals surface area (Å²) >= 11 is 0. The summed E-state index contributed by atoms with van der Waals surface area (Å²) in [4.78, 5) is 0. The lowest BCUT2D eigenvalue weighted by Gasteiger charge is -1.99. The van der Waals surface area contributed by atoms with Gasteiger partial charge < -0.3 is 0 Å². The van der Waals surface area contributed by atoms with Crippen molar-refractivity contribution in [2.24, 2.45) is 0 Å². The average molecular weight is 220 g/mol. The third kappa shape index (κ3) is 5.69. The Hall–Kier alpha value is -1.11. The molecule has 0 atom stereocenters. The van der Waals surface area contributed by atoms with E-state index in [2.05, 4.69) is 6.92 Å². The first kappa shape index (κ1) is 13.0. The van der Waals surface area contributed by atoms with Gasteiger partial charge in [0, 0.05) is 0 Å². The van der Waals surface area contributed by atoms with Gasteiger partial charge in [-0.25, -0.2) is 4.39 Å². The largest absolute Gasteiger partial charge is 0.212 e. The zero-order chi connectivity index (χ0) is 11.6. The van der Waals surface area contributed by atoms with Crippen LogP contribution in [0.3, 0.4) is 0 Å². The lowest BCUT2D eigenvalue weighted by Crippen LogP contribution is -1.80. The summed E-state index contributed by atoms with van der Waals surface area (Å²) < 4.78 is 13.5. The van der Waals surface area contributed by atoms with Crippen molar-refractivity contribution in [3.05, 3.63) is 41.7 Å². The Labute approximate surface area is 98.2 Å². The fourth-order valence-electron chi connectivity index (χ4n) is 1.70. The molecule has 0 nitrogen and oxygen atoms in total. The molecule has 0 N–H and O–H groups in total. The van der Waals surface area contributed by atoms with E-state index in [1.54, 1.807) is 6.08 Å². The Bertz CT molecular complexity index is 300. The second-order valence-corrected chi connectivity index (χ2v) is 4.17. The highest BCUT2D eigenvalue weighted by atomic mass is 19.1. The number of benzene rings is 1. The highest BCUT2D eigenvalue weighted by Crippen LogP contribution is 2.15. The molecule has 0 aliphatic rings. The van der Waals surface area contributed by atoms with Gasteiger partial charge >= 0.3 is 0 Å². The Kier molecular flexibility index (Phi) is 6.55. The average Bonchev–Trinajstić information content (AvgIpc) is 2.30. The molecule has 0 saturated carbocycles. The molecule has 0 bridgehead atoms. The summed E-state index contributed by atoms with van der Waals surface area (Å²) in [6.07, 6.45) is 8.07. The zero-order valence-electron chi connectivity index (χ0n) is 10.1. The minimum absolute atomic E-state index is 0.00250. The van der Waals surface area contributed by atoms with Crippen LogP contribution in [-0.4, -0.2) is 0 Å². The monoisotopic (exact) mass is 220 g/mol. The Morgan fingerprint density at radius 3 is 2.44 bits per heavy atom. The second-order valence-electron chi connectivity index (χ2n) is 4.17. The summed E-state index contributed by atoms with van der Waals surface area (Å²) in [5.41, 5.74) is 0.952. The van der Waals surface area contributed by atoms with E-state index in [4.69, 9.17) is 0 Å². The summed E-state index contributed by atoms with van der Waals surface area (Å²) in [6, 6.07) is 9.66. The van der Waals surface area contributed by atoms with Gasteiger partial charge in [-0.15, -0.1) is 0 Å². The van der Waals surface area contributed by atoms with Gasteiger partial charge in [-0.3, -0.25) is 0 Å². The summed E-state index contributed by atoms with van der Waals surface area (Å²) in [6.45, 7) is 2.19. The molecule has 0 spiro atoms. The fraction of sp³-hybridized carbons (Fsp3) is 0.467. The third-order valence-electron chi connectivity index (χ3n) is 2.64. The van der Waals surface area contributed by atoms with Crippen molar-refractivity contribution in [3.8, 4) is 0 Å². The van der Waals surface area contributed by atoms with Crippen molar-refractivity contribution in [2.45, 2.75) is 45.4 Å². The Morgan fingerprint density at radius 2 is 1.75 bits per heavy atom. The molecule has 1 aromatic carbocycles. The molecular weight excluding hydrogens is 199 g/mol. The van der Waals surface area contributed by atoms with Gasteiger partial charge in [0.2, 0.25) is 0 Å². The van der Waals surface area contributed by atoms with Crippen LogP contribution in [0, 0.1) is 0 Å². The highest BCUT2D eigenvalue weighted by molar-refractivity contribution is 5.50. The van der Waals surface area contributed by atoms with Gasteiger partial charge in [-0.1, -0.05) is 62.9 Å². The summed E-state index contributed by atoms with van der Waals surface area (Å²) in [7, 11) is 0. The van der Waals surface area contributed by atoms with Crippen molar-refractivity contribution in [1.82, 2.24) is 0 Å². The second kappa shape index (κ2) is 8.09. The molecule has 0 heterocycles. The van der Waals surface area contributed by atoms with Crippen LogP contribution < -0.4 is 0 Å². The van der Waals surface area contributed by atoms with E-state index in [0.717, 1.165) is 18.4 Å². The van der Waals surface area contributed by atoms with Gasteiger partial charge in [0.25, 0.3) is 0 Å². The number of halogens is 1. The summed E-state index contributed by atoms with van der Waals surface area (Å²) in [5, 5.41) is 0. The predicted octanol–water partition coefficient (Wildman–Crippen LogP) is 5.36. The predicted molar refractivity (Wildman–Crippen MR) is 68.9 cm³/mol. The molecule has 0 aliphatic heterocycles. The minimum Gasteiger partial charge on any atom is -0.212 e. The molecule has 0 fully saturated rings. The molecule has 1 heteroatoms. The topological polar surface area (TPSA) is 0 Å². The zero-order valence-corrected chi connectivity index (χ0v) is 10.1. The van der Waals surface area contributed by atoms with Crippen molar-refractivity contribution >= 4 is 6.08 Å². The first-order valence-electron chi connectivity index (χ1n) is 6.24. The number of unbranched alkanes of at least 4 members (excludes halogenated alkanes) is 4. The molecule has 16 heavy (non-hydrogen) atoms. The molecule has 1 rings (SSSR count). The van der Waals surface area contributed by atoms with Crippen molar-refractivity contribution < 1.29 is 4.39 Å². The number of hydrogen-bond donors (Lipinski definition) is 0.